The van der Waals surface area contributed by atoms with Crippen LogP contribution in [-0.2, 0) is 17.5 Å². The number of rotatable bonds is 8. The lowest BCUT2D eigenvalue weighted by molar-refractivity contribution is -0.156. The van der Waals surface area contributed by atoms with E-state index in [9.17, 15) is 18.0 Å². The fourth-order valence-electron chi connectivity index (χ4n) is 2.75. The van der Waals surface area contributed by atoms with Crippen molar-refractivity contribution in [3.63, 3.8) is 0 Å². The van der Waals surface area contributed by atoms with Crippen LogP contribution in [0.2, 0.25) is 0 Å². The summed E-state index contributed by atoms with van der Waals surface area (Å²) >= 11 is 0. The Bertz CT molecular complexity index is 945. The molecule has 0 aliphatic heterocycles. The molecule has 0 spiro atoms. The van der Waals surface area contributed by atoms with E-state index in [2.05, 4.69) is 40.4 Å². The van der Waals surface area contributed by atoms with Gasteiger partial charge >= 0.3 is 12.1 Å². The maximum Gasteiger partial charge on any atom is 0.470 e. The highest BCUT2D eigenvalue weighted by molar-refractivity contribution is 5.75. The number of hydrogen-bond acceptors (Lipinski definition) is 5. The van der Waals surface area contributed by atoms with Crippen LogP contribution >= 0.6 is 0 Å². The average Bonchev–Trinajstić information content (AvgIpc) is 3.36. The maximum absolute atomic E-state index is 12.5. The quantitative estimate of drug-likeness (QED) is 0.356. The van der Waals surface area contributed by atoms with Crippen LogP contribution in [0.15, 0.2) is 59.0 Å². The van der Waals surface area contributed by atoms with Gasteiger partial charge in [-0.25, -0.2) is 0 Å². The Morgan fingerprint density at radius 2 is 1.59 bits per heavy atom. The van der Waals surface area contributed by atoms with Gasteiger partial charge in [0.1, 0.15) is 0 Å². The third-order valence-electron chi connectivity index (χ3n) is 4.58. The number of hydrogen-bond donors (Lipinski definition) is 0. The van der Waals surface area contributed by atoms with Crippen molar-refractivity contribution in [3.05, 3.63) is 66.1 Å². The first-order chi connectivity index (χ1) is 16.3. The molecule has 0 aliphatic rings. The number of aromatic nitrogens is 2. The van der Waals surface area contributed by atoms with Crippen LogP contribution in [0.4, 0.5) is 18.9 Å². The van der Waals surface area contributed by atoms with Gasteiger partial charge in [0.25, 0.3) is 0 Å². The Hall–Kier alpha value is -3.20. The Morgan fingerprint density at radius 3 is 2.03 bits per heavy atom. The molecule has 0 saturated carbocycles. The number of carbonyl (C=O) groups excluding carboxylic acids is 1. The minimum Gasteiger partial charge on any atom is -0.413 e. The van der Waals surface area contributed by atoms with Crippen molar-refractivity contribution < 1.29 is 22.4 Å². The SMILES string of the molecule is CC.CCCN(C)CC.O=CN(Cc1ccc(-c2nnc(C(F)(F)F)o2)cc1)c1ccccc1. The highest BCUT2D eigenvalue weighted by atomic mass is 19.4. The second-order valence-corrected chi connectivity index (χ2v) is 7.07. The summed E-state index contributed by atoms with van der Waals surface area (Å²) in [6.07, 6.45) is -2.69. The number of para-hydroxylation sites is 1. The summed E-state index contributed by atoms with van der Waals surface area (Å²) in [5.41, 5.74) is 1.91. The number of alkyl halides is 3. The van der Waals surface area contributed by atoms with Crippen molar-refractivity contribution in [2.45, 2.75) is 46.8 Å². The minimum atomic E-state index is -4.68. The summed E-state index contributed by atoms with van der Waals surface area (Å²) in [5.74, 6) is -1.60. The summed E-state index contributed by atoms with van der Waals surface area (Å²) in [5, 5.41) is 6.40. The highest BCUT2D eigenvalue weighted by Crippen LogP contribution is 2.30. The van der Waals surface area contributed by atoms with Gasteiger partial charge in [-0.05, 0) is 56.4 Å². The van der Waals surface area contributed by atoms with E-state index in [1.54, 1.807) is 36.4 Å². The van der Waals surface area contributed by atoms with Crippen LogP contribution in [-0.4, -0.2) is 41.6 Å². The molecule has 0 fully saturated rings. The van der Waals surface area contributed by atoms with Gasteiger partial charge < -0.3 is 14.2 Å². The predicted molar refractivity (Wildman–Crippen MR) is 128 cm³/mol. The van der Waals surface area contributed by atoms with Crippen LogP contribution in [0.5, 0.6) is 0 Å². The first-order valence-corrected chi connectivity index (χ1v) is 11.2. The van der Waals surface area contributed by atoms with E-state index in [-0.39, 0.29) is 5.89 Å². The summed E-state index contributed by atoms with van der Waals surface area (Å²) in [6, 6.07) is 15.6. The molecule has 0 atom stereocenters. The van der Waals surface area contributed by atoms with E-state index in [0.717, 1.165) is 17.7 Å². The molecule has 9 heteroatoms. The van der Waals surface area contributed by atoms with Gasteiger partial charge in [-0.1, -0.05) is 58.0 Å². The molecule has 3 rings (SSSR count). The number of amides is 1. The summed E-state index contributed by atoms with van der Waals surface area (Å²) in [6.45, 7) is 11.1. The molecule has 0 unspecified atom stereocenters. The van der Waals surface area contributed by atoms with Crippen molar-refractivity contribution in [1.29, 1.82) is 0 Å². The molecule has 6 nitrogen and oxygen atoms in total. The first kappa shape index (κ1) is 28.8. The summed E-state index contributed by atoms with van der Waals surface area (Å²) in [4.78, 5) is 15.1. The zero-order valence-electron chi connectivity index (χ0n) is 20.3. The fourth-order valence-corrected chi connectivity index (χ4v) is 2.75. The highest BCUT2D eigenvalue weighted by Gasteiger charge is 2.38. The fraction of sp³-hybridized carbons (Fsp3) is 0.400. The Labute approximate surface area is 199 Å². The molecule has 34 heavy (non-hydrogen) atoms. The molecule has 1 amide bonds. The lowest BCUT2D eigenvalue weighted by Crippen LogP contribution is -2.20. The third-order valence-corrected chi connectivity index (χ3v) is 4.58. The standard InChI is InChI=1S/C17H12F3N3O2.C6H15N.C2H6/c18-17(19,20)16-22-21-15(25-16)13-8-6-12(7-9-13)10-23(11-24)14-4-2-1-3-5-14;1-4-6-7(3)5-2;1-2/h1-9,11H,10H2;4-6H2,1-3H3;1-2H3. The van der Waals surface area contributed by atoms with Crippen molar-refractivity contribution in [3.8, 4) is 11.5 Å². The van der Waals surface area contributed by atoms with Crippen LogP contribution in [0, 0.1) is 0 Å². The second-order valence-electron chi connectivity index (χ2n) is 7.07. The first-order valence-electron chi connectivity index (χ1n) is 11.2. The van der Waals surface area contributed by atoms with Gasteiger partial charge in [-0.15, -0.1) is 10.2 Å². The van der Waals surface area contributed by atoms with Crippen molar-refractivity contribution in [1.82, 2.24) is 15.1 Å². The van der Waals surface area contributed by atoms with E-state index in [4.69, 9.17) is 0 Å². The lowest BCUT2D eigenvalue weighted by Gasteiger charge is -2.17. The normalized spacial score (nSPS) is 10.6. The molecule has 0 saturated heterocycles. The van der Waals surface area contributed by atoms with Crippen molar-refractivity contribution in [2.24, 2.45) is 0 Å². The lowest BCUT2D eigenvalue weighted by atomic mass is 10.1. The van der Waals surface area contributed by atoms with Gasteiger partial charge in [-0.2, -0.15) is 13.2 Å². The Kier molecular flexibility index (Phi) is 12.6. The molecule has 0 bridgehead atoms. The number of halogens is 3. The van der Waals surface area contributed by atoms with Gasteiger partial charge in [0.2, 0.25) is 12.3 Å². The molecule has 186 valence electrons. The molecule has 0 radical (unpaired) electrons. The molecule has 0 N–H and O–H groups in total. The van der Waals surface area contributed by atoms with Crippen LogP contribution in [0.3, 0.4) is 0 Å². The second kappa shape index (κ2) is 14.8. The molecular formula is C25H33F3N4O2. The van der Waals surface area contributed by atoms with Crippen LogP contribution in [0.1, 0.15) is 45.6 Å². The summed E-state index contributed by atoms with van der Waals surface area (Å²) < 4.78 is 42.1. The molecule has 0 aliphatic carbocycles. The summed E-state index contributed by atoms with van der Waals surface area (Å²) in [7, 11) is 2.14. The van der Waals surface area contributed by atoms with Gasteiger partial charge in [0, 0.05) is 11.3 Å². The Morgan fingerprint density at radius 1 is 0.971 bits per heavy atom. The van der Waals surface area contributed by atoms with Crippen molar-refractivity contribution >= 4 is 12.1 Å². The van der Waals surface area contributed by atoms with E-state index in [1.165, 1.54) is 24.4 Å². The number of anilines is 1. The predicted octanol–water partition coefficient (Wildman–Crippen LogP) is 6.29. The monoisotopic (exact) mass is 478 g/mol. The number of carbonyl (C=O) groups is 1. The van der Waals surface area contributed by atoms with Gasteiger partial charge in [0.15, 0.2) is 0 Å². The van der Waals surface area contributed by atoms with Gasteiger partial charge in [0.05, 0.1) is 6.54 Å². The average molecular weight is 479 g/mol. The van der Waals surface area contributed by atoms with E-state index >= 15 is 0 Å². The van der Waals surface area contributed by atoms with Crippen molar-refractivity contribution in [2.75, 3.05) is 25.0 Å². The third kappa shape index (κ3) is 9.35. The smallest absolute Gasteiger partial charge is 0.413 e. The van der Waals surface area contributed by atoms with Crippen LogP contribution in [0.25, 0.3) is 11.5 Å². The molecule has 2 aromatic carbocycles. The topological polar surface area (TPSA) is 62.5 Å². The number of nitrogens with zero attached hydrogens (tertiary/aromatic N) is 4. The van der Waals surface area contributed by atoms with E-state index < -0.39 is 12.1 Å². The molecular weight excluding hydrogens is 445 g/mol. The van der Waals surface area contributed by atoms with E-state index in [0.29, 0.717) is 12.1 Å². The zero-order chi connectivity index (χ0) is 25.6. The van der Waals surface area contributed by atoms with E-state index in [1.807, 2.05) is 32.0 Å². The molecule has 1 heterocycles. The molecule has 1 aromatic heterocycles. The van der Waals surface area contributed by atoms with Gasteiger partial charge in [-0.3, -0.25) is 4.79 Å². The molecule has 3 aromatic rings. The zero-order valence-corrected chi connectivity index (χ0v) is 20.3. The number of benzene rings is 2. The largest absolute Gasteiger partial charge is 0.470 e. The van der Waals surface area contributed by atoms with Crippen LogP contribution < -0.4 is 4.90 Å². The minimum absolute atomic E-state index is 0.214. The Balaban J connectivity index is 0.000000553. The maximum atomic E-state index is 12.5.